The Balaban J connectivity index is 1.67. The number of nitrogens with two attached hydrogens (primary N) is 1. The lowest BCUT2D eigenvalue weighted by atomic mass is 9.93. The molecule has 0 bridgehead atoms. The predicted molar refractivity (Wildman–Crippen MR) is 85.5 cm³/mol. The fourth-order valence-electron chi connectivity index (χ4n) is 2.89. The first kappa shape index (κ1) is 15.3. The van der Waals surface area contributed by atoms with Crippen molar-refractivity contribution in [2.24, 2.45) is 5.92 Å². The molecule has 1 aliphatic rings. The van der Waals surface area contributed by atoms with Crippen LogP contribution in [-0.2, 0) is 6.42 Å². The van der Waals surface area contributed by atoms with E-state index < -0.39 is 0 Å². The van der Waals surface area contributed by atoms with Crippen LogP contribution >= 0.6 is 0 Å². The Morgan fingerprint density at radius 2 is 2.09 bits per heavy atom. The Bertz CT molecular complexity index is 687. The van der Waals surface area contributed by atoms with Crippen LogP contribution in [0.4, 0.5) is 5.82 Å². The lowest BCUT2D eigenvalue weighted by molar-refractivity contribution is 0.0666. The summed E-state index contributed by atoms with van der Waals surface area (Å²) < 4.78 is 0. The van der Waals surface area contributed by atoms with E-state index in [1.54, 1.807) is 24.8 Å². The average molecular weight is 312 g/mol. The van der Waals surface area contributed by atoms with Gasteiger partial charge in [-0.25, -0.2) is 9.97 Å². The third-order valence-corrected chi connectivity index (χ3v) is 4.09. The first-order valence-corrected chi connectivity index (χ1v) is 7.77. The van der Waals surface area contributed by atoms with Crippen LogP contribution in [0.15, 0.2) is 24.8 Å². The van der Waals surface area contributed by atoms with Gasteiger partial charge in [-0.3, -0.25) is 14.8 Å². The Hall–Kier alpha value is -2.57. The van der Waals surface area contributed by atoms with Crippen LogP contribution in [0.3, 0.4) is 0 Å². The van der Waals surface area contributed by atoms with Crippen LogP contribution in [-0.4, -0.2) is 43.8 Å². The summed E-state index contributed by atoms with van der Waals surface area (Å²) in [5.41, 5.74) is 7.87. The number of carbonyl (C=O) groups excluding carboxylic acids is 1. The van der Waals surface area contributed by atoms with Crippen molar-refractivity contribution in [2.45, 2.75) is 26.2 Å². The van der Waals surface area contributed by atoms with Gasteiger partial charge < -0.3 is 10.6 Å². The molecule has 0 spiro atoms. The number of carbonyl (C=O) groups is 1. The normalized spacial score (nSPS) is 18.0. The van der Waals surface area contributed by atoms with Crippen molar-refractivity contribution in [3.8, 4) is 0 Å². The topological polar surface area (TPSA) is 97.9 Å². The largest absolute Gasteiger partial charge is 0.382 e. The summed E-state index contributed by atoms with van der Waals surface area (Å²) in [5.74, 6) is 0.750. The number of amides is 1. The fourth-order valence-corrected chi connectivity index (χ4v) is 2.89. The maximum Gasteiger partial charge on any atom is 0.274 e. The summed E-state index contributed by atoms with van der Waals surface area (Å²) in [4.78, 5) is 31.1. The number of anilines is 1. The van der Waals surface area contributed by atoms with Crippen LogP contribution in [0.2, 0.25) is 0 Å². The molecule has 3 heterocycles. The van der Waals surface area contributed by atoms with Gasteiger partial charge in [0.2, 0.25) is 0 Å². The summed E-state index contributed by atoms with van der Waals surface area (Å²) in [6.07, 6.45) is 9.17. The predicted octanol–water partition coefficient (Wildman–Crippen LogP) is 1.25. The van der Waals surface area contributed by atoms with Crippen molar-refractivity contribution in [1.29, 1.82) is 0 Å². The smallest absolute Gasteiger partial charge is 0.274 e. The third-order valence-electron chi connectivity index (χ3n) is 4.09. The molecule has 1 saturated heterocycles. The minimum atomic E-state index is -0.0608. The van der Waals surface area contributed by atoms with E-state index in [-0.39, 0.29) is 5.91 Å². The first-order valence-electron chi connectivity index (χ1n) is 7.77. The molecule has 1 atom stereocenters. The second-order valence-corrected chi connectivity index (χ2v) is 5.89. The van der Waals surface area contributed by atoms with Crippen molar-refractivity contribution in [3.63, 3.8) is 0 Å². The molecule has 2 aromatic heterocycles. The molecule has 2 N–H and O–H groups in total. The highest BCUT2D eigenvalue weighted by Gasteiger charge is 2.26. The number of rotatable bonds is 3. The summed E-state index contributed by atoms with van der Waals surface area (Å²) in [7, 11) is 0. The second kappa shape index (κ2) is 6.68. The number of hydrogen-bond donors (Lipinski definition) is 1. The molecule has 0 aliphatic carbocycles. The van der Waals surface area contributed by atoms with Gasteiger partial charge in [-0.2, -0.15) is 0 Å². The van der Waals surface area contributed by atoms with E-state index in [1.165, 1.54) is 0 Å². The number of aryl methyl sites for hydroxylation is 1. The minimum Gasteiger partial charge on any atom is -0.382 e. The Morgan fingerprint density at radius 1 is 1.26 bits per heavy atom. The van der Waals surface area contributed by atoms with E-state index in [0.717, 1.165) is 37.2 Å². The van der Waals surface area contributed by atoms with Crippen molar-refractivity contribution >= 4 is 11.7 Å². The molecule has 23 heavy (non-hydrogen) atoms. The number of nitrogens with zero attached hydrogens (tertiary/aromatic N) is 5. The maximum absolute atomic E-state index is 12.5. The van der Waals surface area contributed by atoms with Gasteiger partial charge in [0, 0.05) is 31.7 Å². The fraction of sp³-hybridized carbons (Fsp3) is 0.438. The van der Waals surface area contributed by atoms with Gasteiger partial charge in [-0.1, -0.05) is 0 Å². The number of likely N-dealkylation sites (tertiary alicyclic amines) is 1. The van der Waals surface area contributed by atoms with Gasteiger partial charge >= 0.3 is 0 Å². The Kier molecular flexibility index (Phi) is 4.45. The molecular weight excluding hydrogens is 292 g/mol. The van der Waals surface area contributed by atoms with Gasteiger partial charge in [0.15, 0.2) is 0 Å². The second-order valence-electron chi connectivity index (χ2n) is 5.89. The molecule has 7 nitrogen and oxygen atoms in total. The number of hydrogen-bond acceptors (Lipinski definition) is 6. The highest BCUT2D eigenvalue weighted by molar-refractivity contribution is 5.92. The molecule has 0 radical (unpaired) electrons. The molecule has 0 aromatic carbocycles. The van der Waals surface area contributed by atoms with Crippen molar-refractivity contribution in [1.82, 2.24) is 24.8 Å². The molecule has 2 aromatic rings. The van der Waals surface area contributed by atoms with E-state index in [2.05, 4.69) is 19.9 Å². The Labute approximate surface area is 135 Å². The van der Waals surface area contributed by atoms with E-state index in [9.17, 15) is 4.79 Å². The Morgan fingerprint density at radius 3 is 2.83 bits per heavy atom. The van der Waals surface area contributed by atoms with E-state index in [4.69, 9.17) is 5.73 Å². The molecule has 0 saturated carbocycles. The van der Waals surface area contributed by atoms with Crippen LogP contribution in [0.25, 0.3) is 0 Å². The standard InChI is InChI=1S/C16H20N6O/c1-11-8-21-14(9-20-11)16(23)22-6-2-3-12(10-22)7-13-15(17)19-5-4-18-13/h4-5,8-9,12H,2-3,6-7,10H2,1H3,(H2,17,19)/t12-/m0/s1. The van der Waals surface area contributed by atoms with Crippen molar-refractivity contribution in [2.75, 3.05) is 18.8 Å². The zero-order chi connectivity index (χ0) is 16.2. The van der Waals surface area contributed by atoms with Crippen LogP contribution in [0.1, 0.15) is 34.7 Å². The molecule has 1 aliphatic heterocycles. The molecule has 120 valence electrons. The summed E-state index contributed by atoms with van der Waals surface area (Å²) in [6, 6.07) is 0. The van der Waals surface area contributed by atoms with Gasteiger partial charge in [0.1, 0.15) is 11.5 Å². The highest BCUT2D eigenvalue weighted by Crippen LogP contribution is 2.22. The minimum absolute atomic E-state index is 0.0608. The average Bonchev–Trinajstić information content (AvgIpc) is 2.57. The van der Waals surface area contributed by atoms with Gasteiger partial charge in [0.25, 0.3) is 5.91 Å². The molecule has 0 unspecified atom stereocenters. The number of aromatic nitrogens is 4. The molecule has 3 rings (SSSR count). The molecular formula is C16H20N6O. The quantitative estimate of drug-likeness (QED) is 0.916. The van der Waals surface area contributed by atoms with Crippen LogP contribution in [0.5, 0.6) is 0 Å². The summed E-state index contributed by atoms with van der Waals surface area (Å²) in [5, 5.41) is 0. The zero-order valence-electron chi connectivity index (χ0n) is 13.1. The molecule has 1 fully saturated rings. The molecule has 1 amide bonds. The number of nitrogen functional groups attached to an aromatic ring is 1. The van der Waals surface area contributed by atoms with E-state index >= 15 is 0 Å². The van der Waals surface area contributed by atoms with Crippen molar-refractivity contribution < 1.29 is 4.79 Å². The number of piperidine rings is 1. The SMILES string of the molecule is Cc1cnc(C(=O)N2CCC[C@@H](Cc3nccnc3N)C2)cn1. The zero-order valence-corrected chi connectivity index (χ0v) is 13.1. The lowest BCUT2D eigenvalue weighted by Gasteiger charge is -2.32. The summed E-state index contributed by atoms with van der Waals surface area (Å²) in [6.45, 7) is 3.29. The van der Waals surface area contributed by atoms with E-state index in [1.807, 2.05) is 11.8 Å². The van der Waals surface area contributed by atoms with Crippen LogP contribution < -0.4 is 5.73 Å². The van der Waals surface area contributed by atoms with Crippen LogP contribution in [0, 0.1) is 12.8 Å². The lowest BCUT2D eigenvalue weighted by Crippen LogP contribution is -2.41. The molecule has 7 heteroatoms. The van der Waals surface area contributed by atoms with Gasteiger partial charge in [0.05, 0.1) is 17.6 Å². The maximum atomic E-state index is 12.5. The van der Waals surface area contributed by atoms with Gasteiger partial charge in [-0.05, 0) is 32.1 Å². The van der Waals surface area contributed by atoms with Crippen molar-refractivity contribution in [3.05, 3.63) is 41.9 Å². The van der Waals surface area contributed by atoms with E-state index in [0.29, 0.717) is 24.0 Å². The van der Waals surface area contributed by atoms with Gasteiger partial charge in [-0.15, -0.1) is 0 Å². The monoisotopic (exact) mass is 312 g/mol. The highest BCUT2D eigenvalue weighted by atomic mass is 16.2. The summed E-state index contributed by atoms with van der Waals surface area (Å²) >= 11 is 0. The first-order chi connectivity index (χ1) is 11.1. The third kappa shape index (κ3) is 3.61.